The average molecular weight is 526 g/mol. The van der Waals surface area contributed by atoms with Gasteiger partial charge < -0.3 is 18.9 Å². The highest BCUT2D eigenvalue weighted by Gasteiger charge is 2.37. The van der Waals surface area contributed by atoms with Crippen molar-refractivity contribution < 1.29 is 19.1 Å². The van der Waals surface area contributed by atoms with Crippen LogP contribution in [0.2, 0.25) is 0 Å². The van der Waals surface area contributed by atoms with Crippen molar-refractivity contribution in [2.45, 2.75) is 59.8 Å². The number of esters is 1. The molecule has 0 fully saturated rings. The molecule has 7 nitrogen and oxygen atoms in total. The maximum Gasteiger partial charge on any atom is 0.339 e. The Balaban J connectivity index is 1.91. The first-order valence-corrected chi connectivity index (χ1v) is 13.2. The van der Waals surface area contributed by atoms with Crippen molar-refractivity contribution in [1.29, 1.82) is 0 Å². The molecule has 0 bridgehead atoms. The van der Waals surface area contributed by atoms with Gasteiger partial charge in [-0.25, -0.2) is 9.78 Å². The molecule has 1 aliphatic heterocycles. The molecule has 4 aromatic rings. The number of carbonyl (C=O) groups excluding carboxylic acids is 2. The lowest BCUT2D eigenvalue weighted by Crippen LogP contribution is -2.32. The summed E-state index contributed by atoms with van der Waals surface area (Å²) in [7, 11) is 1.40. The van der Waals surface area contributed by atoms with E-state index in [0.717, 1.165) is 62.9 Å². The highest BCUT2D eigenvalue weighted by molar-refractivity contribution is 6.08. The normalized spacial score (nSPS) is 14.0. The number of anilines is 2. The van der Waals surface area contributed by atoms with E-state index in [9.17, 15) is 9.59 Å². The molecule has 0 radical (unpaired) electrons. The van der Waals surface area contributed by atoms with Gasteiger partial charge in [-0.2, -0.15) is 0 Å². The molecule has 0 unspecified atom stereocenters. The van der Waals surface area contributed by atoms with Crippen LogP contribution in [0.15, 0.2) is 48.5 Å². The molecule has 5 rings (SSSR count). The summed E-state index contributed by atoms with van der Waals surface area (Å²) in [4.78, 5) is 31.8. The fourth-order valence-electron chi connectivity index (χ4n) is 5.62. The lowest BCUT2D eigenvalue weighted by atomic mass is 9.86. The third kappa shape index (κ3) is 4.72. The van der Waals surface area contributed by atoms with E-state index in [1.54, 1.807) is 6.07 Å². The van der Waals surface area contributed by atoms with E-state index in [1.807, 2.05) is 39.8 Å². The quantitative estimate of drug-likeness (QED) is 0.208. The van der Waals surface area contributed by atoms with Crippen molar-refractivity contribution in [3.05, 3.63) is 76.6 Å². The summed E-state index contributed by atoms with van der Waals surface area (Å²) in [5, 5.41) is 1.04. The van der Waals surface area contributed by atoms with Crippen LogP contribution in [0, 0.1) is 20.8 Å². The van der Waals surface area contributed by atoms with Gasteiger partial charge in [-0.3, -0.25) is 4.79 Å². The van der Waals surface area contributed by atoms with Crippen LogP contribution in [-0.4, -0.2) is 41.1 Å². The second-order valence-electron chi connectivity index (χ2n) is 11.2. The van der Waals surface area contributed by atoms with Crippen LogP contribution >= 0.6 is 0 Å². The molecule has 7 heteroatoms. The first-order valence-electron chi connectivity index (χ1n) is 13.2. The van der Waals surface area contributed by atoms with Gasteiger partial charge in [0.05, 0.1) is 23.9 Å². The van der Waals surface area contributed by atoms with Crippen LogP contribution in [0.3, 0.4) is 0 Å². The summed E-state index contributed by atoms with van der Waals surface area (Å²) in [5.41, 5.74) is 7.75. The minimum absolute atomic E-state index is 0.374. The highest BCUT2D eigenvalue weighted by atomic mass is 16.6. The predicted octanol–water partition coefficient (Wildman–Crippen LogP) is 6.62. The number of carbonyl (C=O) groups is 2. The van der Waals surface area contributed by atoms with Crippen LogP contribution in [0.5, 0.6) is 0 Å². The molecule has 0 saturated carbocycles. The van der Waals surface area contributed by atoms with Crippen molar-refractivity contribution in [2.24, 2.45) is 0 Å². The van der Waals surface area contributed by atoms with Gasteiger partial charge in [-0.05, 0) is 76.4 Å². The Morgan fingerprint density at radius 3 is 2.41 bits per heavy atom. The van der Waals surface area contributed by atoms with Gasteiger partial charge in [-0.15, -0.1) is 0 Å². The lowest BCUT2D eigenvalue weighted by Gasteiger charge is -2.35. The van der Waals surface area contributed by atoms with E-state index in [2.05, 4.69) is 58.6 Å². The van der Waals surface area contributed by atoms with E-state index in [-0.39, 0.29) is 0 Å². The van der Waals surface area contributed by atoms with Crippen molar-refractivity contribution in [3.63, 3.8) is 0 Å². The third-order valence-corrected chi connectivity index (χ3v) is 7.29. The Morgan fingerprint density at radius 2 is 1.77 bits per heavy atom. The van der Waals surface area contributed by atoms with Crippen LogP contribution in [0.1, 0.15) is 59.7 Å². The van der Waals surface area contributed by atoms with E-state index >= 15 is 0 Å². The first-order chi connectivity index (χ1) is 18.5. The van der Waals surface area contributed by atoms with Crippen molar-refractivity contribution in [1.82, 2.24) is 9.55 Å². The molecule has 2 aromatic carbocycles. The van der Waals surface area contributed by atoms with Gasteiger partial charge in [0.15, 0.2) is 12.4 Å². The number of ether oxygens (including phenoxy) is 2. The predicted molar refractivity (Wildman–Crippen MR) is 154 cm³/mol. The Morgan fingerprint density at radius 1 is 1.05 bits per heavy atom. The largest absolute Gasteiger partial charge is 0.467 e. The number of aryl methyl sites for hydroxylation is 2. The van der Waals surface area contributed by atoms with Crippen molar-refractivity contribution in [3.8, 4) is 11.1 Å². The number of hydrogen-bond donors (Lipinski definition) is 0. The Labute approximate surface area is 229 Å². The molecule has 0 saturated heterocycles. The number of pyridine rings is 1. The summed E-state index contributed by atoms with van der Waals surface area (Å²) in [6, 6.07) is 16.0. The summed E-state index contributed by atoms with van der Waals surface area (Å²) in [6.07, 6.45) is -0.187. The standard InChI is InChI=1S/C32H35N3O4/c1-19-11-13-22(14-12-19)27-24-17-20(2)34-15-16-35(25-10-8-9-23(18-36)33-25)28(29(24)34)21(3)26(27)30(31(37)38-7)39-32(4,5)6/h8-14,17-18,30H,15-16H2,1-7H3/t30-/m0/s1. The van der Waals surface area contributed by atoms with E-state index in [0.29, 0.717) is 18.1 Å². The summed E-state index contributed by atoms with van der Waals surface area (Å²) in [5.74, 6) is 0.238. The molecule has 1 atom stereocenters. The van der Waals surface area contributed by atoms with Gasteiger partial charge in [0, 0.05) is 29.7 Å². The zero-order valence-corrected chi connectivity index (χ0v) is 23.7. The third-order valence-electron chi connectivity index (χ3n) is 7.29. The van der Waals surface area contributed by atoms with Gasteiger partial charge in [-0.1, -0.05) is 35.9 Å². The Kier molecular flexibility index (Phi) is 6.81. The lowest BCUT2D eigenvalue weighted by molar-refractivity contribution is -0.164. The van der Waals surface area contributed by atoms with Crippen LogP contribution < -0.4 is 4.90 Å². The molecule has 1 aliphatic rings. The molecule has 0 amide bonds. The van der Waals surface area contributed by atoms with Gasteiger partial charge >= 0.3 is 5.97 Å². The van der Waals surface area contributed by atoms with Crippen LogP contribution in [0.4, 0.5) is 11.5 Å². The van der Waals surface area contributed by atoms with Gasteiger partial charge in [0.1, 0.15) is 11.5 Å². The summed E-state index contributed by atoms with van der Waals surface area (Å²) in [6.45, 7) is 13.5. The maximum absolute atomic E-state index is 13.4. The zero-order valence-electron chi connectivity index (χ0n) is 23.7. The molecule has 0 N–H and O–H groups in total. The van der Waals surface area contributed by atoms with Gasteiger partial charge in [0.2, 0.25) is 0 Å². The fraction of sp³-hybridized carbons (Fsp3) is 0.344. The molecule has 0 aliphatic carbocycles. The Bertz CT molecular complexity index is 1580. The molecular formula is C32H35N3O4. The summed E-state index contributed by atoms with van der Waals surface area (Å²) < 4.78 is 14.1. The topological polar surface area (TPSA) is 73.7 Å². The number of aldehydes is 1. The number of rotatable bonds is 6. The highest BCUT2D eigenvalue weighted by Crippen LogP contribution is 2.49. The fourth-order valence-corrected chi connectivity index (χ4v) is 5.62. The van der Waals surface area contributed by atoms with Crippen LogP contribution in [-0.2, 0) is 20.8 Å². The molecule has 3 heterocycles. The van der Waals surface area contributed by atoms with Crippen LogP contribution in [0.25, 0.3) is 22.0 Å². The first kappa shape index (κ1) is 26.6. The molecule has 0 spiro atoms. The second kappa shape index (κ2) is 9.97. The van der Waals surface area contributed by atoms with E-state index in [4.69, 9.17) is 9.47 Å². The monoisotopic (exact) mass is 525 g/mol. The van der Waals surface area contributed by atoms with E-state index in [1.165, 1.54) is 7.11 Å². The number of methoxy groups -OCH3 is 1. The smallest absolute Gasteiger partial charge is 0.339 e. The number of aromatic nitrogens is 2. The molecule has 2 aromatic heterocycles. The summed E-state index contributed by atoms with van der Waals surface area (Å²) >= 11 is 0. The molecule has 39 heavy (non-hydrogen) atoms. The number of benzene rings is 2. The van der Waals surface area contributed by atoms with Crippen molar-refractivity contribution in [2.75, 3.05) is 18.6 Å². The minimum atomic E-state index is -0.950. The number of nitrogens with zero attached hydrogens (tertiary/aromatic N) is 3. The zero-order chi connectivity index (χ0) is 28.1. The SMILES string of the molecule is COC(=O)[C@@H](OC(C)(C)C)c1c(C)c2c3c(cc(C)n3CCN2c2cccc(C=O)n2)c1-c1ccc(C)cc1. The molecule has 202 valence electrons. The minimum Gasteiger partial charge on any atom is -0.467 e. The average Bonchev–Trinajstić information content (AvgIpc) is 3.25. The van der Waals surface area contributed by atoms with E-state index < -0.39 is 17.7 Å². The number of hydrogen-bond acceptors (Lipinski definition) is 6. The molecular weight excluding hydrogens is 490 g/mol. The Hall–Kier alpha value is -3.97. The van der Waals surface area contributed by atoms with Gasteiger partial charge in [0.25, 0.3) is 0 Å². The van der Waals surface area contributed by atoms with Crippen molar-refractivity contribution >= 4 is 34.7 Å². The second-order valence-corrected chi connectivity index (χ2v) is 11.2. The maximum atomic E-state index is 13.4.